The molecule has 0 heterocycles. The summed E-state index contributed by atoms with van der Waals surface area (Å²) in [6, 6.07) is 24.2. The van der Waals surface area contributed by atoms with Crippen LogP contribution in [0.2, 0.25) is 13.1 Å². The molecule has 4 aromatic carbocycles. The van der Waals surface area contributed by atoms with Crippen LogP contribution in [0.3, 0.4) is 0 Å². The number of aryl methyl sites for hydroxylation is 2. The van der Waals surface area contributed by atoms with Crippen molar-refractivity contribution in [2.24, 2.45) is 0 Å². The van der Waals surface area contributed by atoms with Gasteiger partial charge in [0.25, 0.3) is 0 Å². The van der Waals surface area contributed by atoms with Gasteiger partial charge < -0.3 is 24.8 Å². The molecular weight excluding hydrogens is 515 g/mol. The smallest absolute Gasteiger partial charge is 1.00 e. The normalized spacial score (nSPS) is 12.1. The summed E-state index contributed by atoms with van der Waals surface area (Å²) in [4.78, 5) is 0. The zero-order valence-electron chi connectivity index (χ0n) is 19.1. The number of hydrogen-bond acceptors (Lipinski definition) is 0. The maximum Gasteiger partial charge on any atom is 4.00 e. The van der Waals surface area contributed by atoms with Gasteiger partial charge in [0.1, 0.15) is 0 Å². The molecule has 4 aromatic rings. The second-order valence-corrected chi connectivity index (χ2v) is 9.05. The van der Waals surface area contributed by atoms with Crippen molar-refractivity contribution in [2.75, 3.05) is 0 Å². The Hall–Kier alpha value is -0.660. The van der Waals surface area contributed by atoms with Gasteiger partial charge >= 0.3 is 26.2 Å². The number of fused-ring (bicyclic) bond motifs is 3. The van der Waals surface area contributed by atoms with Gasteiger partial charge in [-0.15, -0.1) is 64.7 Å². The van der Waals surface area contributed by atoms with E-state index in [-0.39, 0.29) is 51.0 Å². The van der Waals surface area contributed by atoms with Crippen LogP contribution in [-0.4, -0.2) is 9.52 Å². The summed E-state index contributed by atoms with van der Waals surface area (Å²) in [6.07, 6.45) is 5.16. The largest absolute Gasteiger partial charge is 4.00 e. The first-order chi connectivity index (χ1) is 13.7. The summed E-state index contributed by atoms with van der Waals surface area (Å²) in [5.74, 6) is 0.692. The topological polar surface area (TPSA) is 0 Å². The summed E-state index contributed by atoms with van der Waals surface area (Å²) in [7, 11) is 0.750. The van der Waals surface area contributed by atoms with E-state index in [4.69, 9.17) is 0 Å². The van der Waals surface area contributed by atoms with Gasteiger partial charge in [0.15, 0.2) is 0 Å². The van der Waals surface area contributed by atoms with Gasteiger partial charge in [0, 0.05) is 9.52 Å². The molecule has 0 bridgehead atoms. The van der Waals surface area contributed by atoms with Gasteiger partial charge in [0.05, 0.1) is 0 Å². The molecule has 0 saturated heterocycles. The van der Waals surface area contributed by atoms with Gasteiger partial charge in [-0.2, -0.15) is 23.1 Å². The van der Waals surface area contributed by atoms with E-state index in [0.29, 0.717) is 5.92 Å². The molecule has 1 aliphatic carbocycles. The van der Waals surface area contributed by atoms with Crippen LogP contribution in [-0.2, 0) is 39.0 Å². The Labute approximate surface area is 222 Å². The van der Waals surface area contributed by atoms with E-state index in [2.05, 4.69) is 93.7 Å². The Morgan fingerprint density at radius 2 is 1.58 bits per heavy atom. The Morgan fingerprint density at radius 1 is 0.935 bits per heavy atom. The van der Waals surface area contributed by atoms with Crippen molar-refractivity contribution >= 4 is 31.1 Å². The molecule has 0 saturated carbocycles. The average Bonchev–Trinajstić information content (AvgIpc) is 3.45. The standard InChI is InChI=1S/C16H19.C9H7.C2H7Si.2ClH.Zr/c1-3-11(2)15-8-7-14-9-12-5-4-6-13(12)10-16(14)15;1-2-5-9-7-3-6-8(9)4-1;1-3-2;;;/h7-11H,3-6H2,1-2H3;1-7H;3H,1-2H3;2*1H;/q2*-1;;;;+4/p-2. The van der Waals surface area contributed by atoms with E-state index in [1.807, 2.05) is 0 Å². The third-order valence-electron chi connectivity index (χ3n) is 5.71. The third kappa shape index (κ3) is 7.71. The van der Waals surface area contributed by atoms with Crippen molar-refractivity contribution < 1.29 is 51.0 Å². The molecule has 0 fully saturated rings. The van der Waals surface area contributed by atoms with Crippen molar-refractivity contribution in [3.63, 3.8) is 0 Å². The van der Waals surface area contributed by atoms with E-state index in [1.165, 1.54) is 47.2 Å². The molecule has 5 rings (SSSR count). The summed E-state index contributed by atoms with van der Waals surface area (Å²) in [6.45, 7) is 9.03. The van der Waals surface area contributed by atoms with Crippen LogP contribution in [0.5, 0.6) is 0 Å². The fourth-order valence-corrected chi connectivity index (χ4v) is 4.02. The first kappa shape index (κ1) is 30.3. The molecule has 0 aliphatic heterocycles. The van der Waals surface area contributed by atoms with Crippen LogP contribution in [0, 0.1) is 0 Å². The fourth-order valence-electron chi connectivity index (χ4n) is 4.02. The van der Waals surface area contributed by atoms with Gasteiger partial charge in [-0.25, -0.2) is 0 Å². The Morgan fingerprint density at radius 3 is 2.23 bits per heavy atom. The second kappa shape index (κ2) is 15.2. The van der Waals surface area contributed by atoms with Crippen molar-refractivity contribution in [1.82, 2.24) is 0 Å². The monoisotopic (exact) mass is 545 g/mol. The summed E-state index contributed by atoms with van der Waals surface area (Å²) in [5, 5.41) is 5.63. The Balaban J connectivity index is 0.000000518. The predicted octanol–water partition coefficient (Wildman–Crippen LogP) is 1.64. The van der Waals surface area contributed by atoms with E-state index >= 15 is 0 Å². The minimum absolute atomic E-state index is 0. The van der Waals surface area contributed by atoms with Crippen molar-refractivity contribution in [3.05, 3.63) is 83.4 Å². The van der Waals surface area contributed by atoms with Crippen LogP contribution < -0.4 is 24.8 Å². The summed E-state index contributed by atoms with van der Waals surface area (Å²) < 4.78 is 0. The predicted molar refractivity (Wildman–Crippen MR) is 129 cm³/mol. The van der Waals surface area contributed by atoms with Gasteiger partial charge in [0.2, 0.25) is 0 Å². The minimum atomic E-state index is 0. The first-order valence-electron chi connectivity index (χ1n) is 10.7. The number of halogens is 2. The molecule has 163 valence electrons. The van der Waals surface area contributed by atoms with Crippen molar-refractivity contribution in [2.45, 2.75) is 58.5 Å². The molecule has 1 aliphatic rings. The second-order valence-electron chi connectivity index (χ2n) is 7.89. The van der Waals surface area contributed by atoms with Gasteiger partial charge in [-0.3, -0.25) is 0 Å². The van der Waals surface area contributed by atoms with E-state index in [9.17, 15) is 0 Å². The van der Waals surface area contributed by atoms with Crippen LogP contribution in [0.15, 0.2) is 66.7 Å². The number of hydrogen-bond donors (Lipinski definition) is 0. The maximum absolute atomic E-state index is 2.46. The maximum atomic E-state index is 2.46. The van der Waals surface area contributed by atoms with Crippen molar-refractivity contribution in [1.29, 1.82) is 0 Å². The van der Waals surface area contributed by atoms with Crippen LogP contribution in [0.4, 0.5) is 0 Å². The quantitative estimate of drug-likeness (QED) is 0.265. The van der Waals surface area contributed by atoms with Gasteiger partial charge in [-0.05, 0) is 19.3 Å². The van der Waals surface area contributed by atoms with Gasteiger partial charge in [-0.1, -0.05) is 56.5 Å². The minimum Gasteiger partial charge on any atom is -1.00 e. The Kier molecular flexibility index (Phi) is 14.9. The molecule has 0 N–H and O–H groups in total. The van der Waals surface area contributed by atoms with E-state index in [0.717, 1.165) is 9.52 Å². The first-order valence-corrected chi connectivity index (χ1v) is 13.0. The molecule has 31 heavy (non-hydrogen) atoms. The van der Waals surface area contributed by atoms with E-state index < -0.39 is 0 Å². The number of rotatable bonds is 2. The molecule has 1 radical (unpaired) electrons. The summed E-state index contributed by atoms with van der Waals surface area (Å²) >= 11 is 0. The van der Waals surface area contributed by atoms with Crippen LogP contribution in [0.1, 0.15) is 49.3 Å². The van der Waals surface area contributed by atoms with Crippen molar-refractivity contribution in [3.8, 4) is 0 Å². The third-order valence-corrected chi connectivity index (χ3v) is 5.71. The van der Waals surface area contributed by atoms with E-state index in [1.54, 1.807) is 16.7 Å². The zero-order valence-corrected chi connectivity index (χ0v) is 24.2. The van der Waals surface area contributed by atoms with Crippen LogP contribution in [0.25, 0.3) is 21.5 Å². The Bertz CT molecular complexity index is 988. The summed E-state index contributed by atoms with van der Waals surface area (Å²) in [5.41, 5.74) is 4.74. The number of benzene rings is 2. The molecule has 1 atom stereocenters. The zero-order chi connectivity index (χ0) is 19.9. The molecule has 1 unspecified atom stereocenters. The molecular formula is C27H33Cl2SiZr. The molecule has 0 aromatic heterocycles. The molecule has 0 spiro atoms. The fraction of sp³-hybridized carbons (Fsp3) is 0.333. The molecule has 0 amide bonds. The SMILES string of the molecule is CCC(C)c1c[cH-]c2cc3c(cc12)CCC3.C[SiH]C.[Cl-].[Cl-].[Zr+4].c1ccc2[cH-]ccc2c1. The molecule has 4 heteroatoms. The average molecular weight is 548 g/mol. The molecule has 0 nitrogen and oxygen atoms in total. The van der Waals surface area contributed by atoms with Crippen LogP contribution >= 0.6 is 0 Å².